The van der Waals surface area contributed by atoms with Crippen LogP contribution in [0.2, 0.25) is 0 Å². The van der Waals surface area contributed by atoms with Gasteiger partial charge in [0.1, 0.15) is 12.4 Å². The van der Waals surface area contributed by atoms with E-state index in [9.17, 15) is 20.2 Å². The van der Waals surface area contributed by atoms with Gasteiger partial charge in [0, 0.05) is 27.6 Å². The lowest BCUT2D eigenvalue weighted by Crippen LogP contribution is -2.25. The van der Waals surface area contributed by atoms with Crippen LogP contribution in [0.1, 0.15) is 60.5 Å². The van der Waals surface area contributed by atoms with Crippen LogP contribution >= 0.6 is 15.9 Å². The number of aromatic nitrogens is 2. The van der Waals surface area contributed by atoms with E-state index in [1.165, 1.54) is 23.0 Å². The van der Waals surface area contributed by atoms with Crippen LogP contribution in [0.3, 0.4) is 0 Å². The van der Waals surface area contributed by atoms with Gasteiger partial charge in [0.2, 0.25) is 0 Å². The number of benzene rings is 3. The summed E-state index contributed by atoms with van der Waals surface area (Å²) in [6, 6.07) is 18.9. The van der Waals surface area contributed by atoms with E-state index in [4.69, 9.17) is 9.72 Å². The molecule has 3 aromatic carbocycles. The molecule has 0 radical (unpaired) electrons. The Morgan fingerprint density at radius 1 is 1.15 bits per heavy atom. The van der Waals surface area contributed by atoms with E-state index in [-0.39, 0.29) is 29.5 Å². The molecule has 0 saturated heterocycles. The third-order valence-corrected chi connectivity index (χ3v) is 7.32. The second-order valence-electron chi connectivity index (χ2n) is 9.37. The van der Waals surface area contributed by atoms with Gasteiger partial charge in [0.05, 0.1) is 33.7 Å². The van der Waals surface area contributed by atoms with Crippen LogP contribution in [-0.4, -0.2) is 20.8 Å². The van der Waals surface area contributed by atoms with Gasteiger partial charge in [-0.15, -0.1) is 0 Å². The first-order valence-electron chi connectivity index (χ1n) is 12.6. The van der Waals surface area contributed by atoms with Crippen molar-refractivity contribution in [3.8, 4) is 11.8 Å². The molecule has 1 fully saturated rings. The molecule has 1 aromatic heterocycles. The minimum absolute atomic E-state index is 0.0104. The molecule has 1 heterocycles. The monoisotopic (exact) mass is 585 g/mol. The predicted octanol–water partition coefficient (Wildman–Crippen LogP) is 6.45. The van der Waals surface area contributed by atoms with E-state index >= 15 is 0 Å². The summed E-state index contributed by atoms with van der Waals surface area (Å²) in [6.45, 7) is 0.0104. The average Bonchev–Trinajstić information content (AvgIpc) is 2.96. The van der Waals surface area contributed by atoms with Gasteiger partial charge >= 0.3 is 5.69 Å². The average molecular weight is 586 g/mol. The highest BCUT2D eigenvalue weighted by molar-refractivity contribution is 9.10. The molecule has 4 aromatic rings. The number of hydrogen-bond acceptors (Lipinski definition) is 7. The maximum Gasteiger partial charge on any atom is 0.311 e. The van der Waals surface area contributed by atoms with Crippen LogP contribution in [0.5, 0.6) is 5.75 Å². The van der Waals surface area contributed by atoms with Gasteiger partial charge in [0.25, 0.3) is 5.56 Å². The fourth-order valence-electron chi connectivity index (χ4n) is 4.82. The van der Waals surface area contributed by atoms with E-state index in [2.05, 4.69) is 27.1 Å². The number of ether oxygens (including phenoxy) is 1. The van der Waals surface area contributed by atoms with Gasteiger partial charge in [-0.1, -0.05) is 53.4 Å². The van der Waals surface area contributed by atoms with Crippen molar-refractivity contribution in [1.82, 2.24) is 9.66 Å². The zero-order valence-electron chi connectivity index (χ0n) is 20.9. The molecule has 196 valence electrons. The molecule has 0 N–H and O–H groups in total. The van der Waals surface area contributed by atoms with E-state index in [1.54, 1.807) is 36.4 Å². The summed E-state index contributed by atoms with van der Waals surface area (Å²) in [6.07, 6.45) is 6.57. The molecule has 10 heteroatoms. The Kier molecular flexibility index (Phi) is 7.79. The summed E-state index contributed by atoms with van der Waals surface area (Å²) in [7, 11) is 0. The van der Waals surface area contributed by atoms with Crippen molar-refractivity contribution in [2.75, 3.05) is 0 Å². The molecule has 0 amide bonds. The molecule has 5 rings (SSSR count). The Hall–Kier alpha value is -4.36. The molecule has 0 spiro atoms. The highest BCUT2D eigenvalue weighted by atomic mass is 79.9. The molecule has 0 bridgehead atoms. The Balaban J connectivity index is 1.49. The van der Waals surface area contributed by atoms with Gasteiger partial charge in [-0.3, -0.25) is 14.9 Å². The van der Waals surface area contributed by atoms with Crippen molar-refractivity contribution in [3.05, 3.63) is 108 Å². The fraction of sp³-hybridized carbons (Fsp3) is 0.241. The first-order chi connectivity index (χ1) is 18.9. The highest BCUT2D eigenvalue weighted by Gasteiger charge is 2.23. The number of nitro groups is 1. The molecule has 1 saturated carbocycles. The Labute approximate surface area is 232 Å². The summed E-state index contributed by atoms with van der Waals surface area (Å²) in [5.74, 6) is 0.789. The third-order valence-electron chi connectivity index (χ3n) is 6.83. The fourth-order valence-corrected chi connectivity index (χ4v) is 5.18. The highest BCUT2D eigenvalue weighted by Crippen LogP contribution is 2.32. The summed E-state index contributed by atoms with van der Waals surface area (Å²) >= 11 is 3.42. The van der Waals surface area contributed by atoms with Crippen LogP contribution in [0, 0.1) is 21.4 Å². The van der Waals surface area contributed by atoms with Gasteiger partial charge < -0.3 is 4.74 Å². The molecule has 39 heavy (non-hydrogen) atoms. The smallest absolute Gasteiger partial charge is 0.311 e. The van der Waals surface area contributed by atoms with Crippen molar-refractivity contribution < 1.29 is 9.66 Å². The third kappa shape index (κ3) is 5.73. The molecule has 9 nitrogen and oxygen atoms in total. The van der Waals surface area contributed by atoms with Crippen LogP contribution in [0.4, 0.5) is 5.69 Å². The van der Waals surface area contributed by atoms with E-state index < -0.39 is 4.92 Å². The number of rotatable bonds is 7. The largest absolute Gasteiger partial charge is 0.482 e. The number of hydrogen-bond donors (Lipinski definition) is 0. The van der Waals surface area contributed by atoms with Crippen molar-refractivity contribution in [1.29, 1.82) is 5.26 Å². The SMILES string of the molecule is N#Cc1ccccc1COc1ccc(C=Nn2c(C3CCCCC3)nc3ccc(Br)cc3c2=O)cc1[N+](=O)[O-]. The number of nitriles is 1. The topological polar surface area (TPSA) is 123 Å². The Morgan fingerprint density at radius 3 is 2.72 bits per heavy atom. The predicted molar refractivity (Wildman–Crippen MR) is 151 cm³/mol. The molecule has 1 aliphatic carbocycles. The van der Waals surface area contributed by atoms with Crippen molar-refractivity contribution in [3.63, 3.8) is 0 Å². The van der Waals surface area contributed by atoms with Gasteiger partial charge in [0.15, 0.2) is 5.75 Å². The number of nitrogens with zero attached hydrogens (tertiary/aromatic N) is 5. The quantitative estimate of drug-likeness (QED) is 0.139. The Bertz CT molecular complexity index is 1690. The summed E-state index contributed by atoms with van der Waals surface area (Å²) in [4.78, 5) is 29.6. The molecule has 0 unspecified atom stereocenters. The Morgan fingerprint density at radius 2 is 1.95 bits per heavy atom. The van der Waals surface area contributed by atoms with Gasteiger partial charge in [-0.05, 0) is 49.2 Å². The maximum absolute atomic E-state index is 13.5. The lowest BCUT2D eigenvalue weighted by Gasteiger charge is -2.22. The van der Waals surface area contributed by atoms with Crippen LogP contribution < -0.4 is 10.3 Å². The molecule has 0 aliphatic heterocycles. The summed E-state index contributed by atoms with van der Waals surface area (Å²) in [5, 5.41) is 26.0. The zero-order valence-corrected chi connectivity index (χ0v) is 22.5. The number of fused-ring (bicyclic) bond motifs is 1. The minimum Gasteiger partial charge on any atom is -0.482 e. The first-order valence-corrected chi connectivity index (χ1v) is 13.4. The van der Waals surface area contributed by atoms with Crippen molar-refractivity contribution in [2.45, 2.75) is 44.6 Å². The molecular formula is C29H24BrN5O4. The minimum atomic E-state index is -0.530. The zero-order chi connectivity index (χ0) is 27.4. The van der Waals surface area contributed by atoms with Gasteiger partial charge in [-0.2, -0.15) is 15.0 Å². The van der Waals surface area contributed by atoms with Crippen LogP contribution in [0.15, 0.2) is 75.0 Å². The normalized spacial score (nSPS) is 13.9. The number of halogens is 1. The standard InChI is InChI=1S/C29H24BrN5O4/c30-23-11-12-25-24(15-23)29(36)34(28(33-25)20-6-2-1-3-7-20)32-17-19-10-13-27(26(14-19)35(37)38)39-18-22-9-5-4-8-21(22)16-31/h4-5,8-15,17,20H,1-3,6-7,18H2. The van der Waals surface area contributed by atoms with Crippen LogP contribution in [0.25, 0.3) is 10.9 Å². The van der Waals surface area contributed by atoms with Gasteiger partial charge in [-0.25, -0.2) is 4.98 Å². The molecule has 0 atom stereocenters. The van der Waals surface area contributed by atoms with Crippen molar-refractivity contribution in [2.24, 2.45) is 5.10 Å². The lowest BCUT2D eigenvalue weighted by molar-refractivity contribution is -0.385. The maximum atomic E-state index is 13.5. The summed E-state index contributed by atoms with van der Waals surface area (Å²) in [5.41, 5.74) is 1.59. The van der Waals surface area contributed by atoms with Crippen molar-refractivity contribution >= 4 is 38.7 Å². The van der Waals surface area contributed by atoms with E-state index in [0.29, 0.717) is 33.4 Å². The molecular weight excluding hydrogens is 562 g/mol. The second-order valence-corrected chi connectivity index (χ2v) is 10.3. The summed E-state index contributed by atoms with van der Waals surface area (Å²) < 4.78 is 7.81. The molecule has 1 aliphatic rings. The van der Waals surface area contributed by atoms with Crippen LogP contribution in [-0.2, 0) is 6.61 Å². The van der Waals surface area contributed by atoms with E-state index in [0.717, 1.165) is 36.6 Å². The van der Waals surface area contributed by atoms with E-state index in [1.807, 2.05) is 12.1 Å². The number of nitro benzene ring substituents is 1. The lowest BCUT2D eigenvalue weighted by atomic mass is 9.88. The first kappa shape index (κ1) is 26.3. The second kappa shape index (κ2) is 11.6.